The van der Waals surface area contributed by atoms with Crippen molar-refractivity contribution in [2.75, 3.05) is 0 Å². The Kier molecular flexibility index (Phi) is 3.00. The summed E-state index contributed by atoms with van der Waals surface area (Å²) in [7, 11) is 0. The molecule has 0 saturated heterocycles. The third-order valence-electron chi connectivity index (χ3n) is 1.42. The van der Waals surface area contributed by atoms with E-state index >= 15 is 0 Å². The van der Waals surface area contributed by atoms with Crippen LogP contribution in [-0.4, -0.2) is 9.78 Å². The molecule has 0 radical (unpaired) electrons. The zero-order valence-electron chi connectivity index (χ0n) is 6.99. The van der Waals surface area contributed by atoms with Crippen LogP contribution < -0.4 is 0 Å². The van der Waals surface area contributed by atoms with Crippen LogP contribution in [0.15, 0.2) is 12.4 Å². The Balaban J connectivity index is 2.58. The zero-order chi connectivity index (χ0) is 8.27. The highest BCUT2D eigenvalue weighted by molar-refractivity contribution is 7.79. The van der Waals surface area contributed by atoms with Crippen LogP contribution in [0.1, 0.15) is 19.4 Å². The maximum Gasteiger partial charge on any atom is 0.0530 e. The first-order chi connectivity index (χ1) is 5.22. The van der Waals surface area contributed by atoms with Gasteiger partial charge in [-0.2, -0.15) is 17.7 Å². The maximum atomic E-state index is 4.19. The lowest BCUT2D eigenvalue weighted by atomic mass is 10.2. The largest absolute Gasteiger partial charge is 0.272 e. The third-order valence-corrected chi connectivity index (χ3v) is 1.79. The molecule has 62 valence electrons. The van der Waals surface area contributed by atoms with Crippen molar-refractivity contribution < 1.29 is 0 Å². The Morgan fingerprint density at radius 3 is 2.82 bits per heavy atom. The number of hydrogen-bond acceptors (Lipinski definition) is 2. The summed E-state index contributed by atoms with van der Waals surface area (Å²) in [6, 6.07) is 0. The lowest BCUT2D eigenvalue weighted by Crippen LogP contribution is -2.04. The van der Waals surface area contributed by atoms with E-state index in [1.165, 1.54) is 5.56 Å². The third kappa shape index (κ3) is 2.58. The fourth-order valence-electron chi connectivity index (χ4n) is 0.962. The van der Waals surface area contributed by atoms with E-state index in [-0.39, 0.29) is 0 Å². The summed E-state index contributed by atoms with van der Waals surface area (Å²) in [4.78, 5) is 0. The second-order valence-electron chi connectivity index (χ2n) is 3.12. The molecule has 0 bridgehead atoms. The molecule has 1 rings (SSSR count). The summed E-state index contributed by atoms with van der Waals surface area (Å²) in [5.41, 5.74) is 1.19. The Labute approximate surface area is 73.0 Å². The first-order valence-corrected chi connectivity index (χ1v) is 4.48. The number of nitrogens with zero attached hydrogens (tertiary/aromatic N) is 2. The van der Waals surface area contributed by atoms with Gasteiger partial charge in [-0.25, -0.2) is 0 Å². The van der Waals surface area contributed by atoms with Gasteiger partial charge >= 0.3 is 0 Å². The van der Waals surface area contributed by atoms with E-state index in [1.54, 1.807) is 0 Å². The van der Waals surface area contributed by atoms with Crippen LogP contribution in [0.5, 0.6) is 0 Å². The molecule has 0 saturated carbocycles. The van der Waals surface area contributed by atoms with Crippen molar-refractivity contribution >= 4 is 12.6 Å². The molecule has 0 spiro atoms. The van der Waals surface area contributed by atoms with Gasteiger partial charge in [0, 0.05) is 18.5 Å². The van der Waals surface area contributed by atoms with Gasteiger partial charge in [0.1, 0.15) is 0 Å². The Morgan fingerprint density at radius 1 is 1.64 bits per heavy atom. The molecule has 1 aromatic heterocycles. The number of aromatic nitrogens is 2. The van der Waals surface area contributed by atoms with E-state index in [0.717, 1.165) is 12.3 Å². The minimum Gasteiger partial charge on any atom is -0.272 e. The van der Waals surface area contributed by atoms with Crippen LogP contribution in [0, 0.1) is 5.92 Å². The monoisotopic (exact) mass is 170 g/mol. The molecule has 0 fully saturated rings. The molecule has 0 aliphatic heterocycles. The van der Waals surface area contributed by atoms with E-state index in [0.29, 0.717) is 5.92 Å². The van der Waals surface area contributed by atoms with Gasteiger partial charge in [0.15, 0.2) is 0 Å². The van der Waals surface area contributed by atoms with E-state index in [4.69, 9.17) is 0 Å². The highest BCUT2D eigenvalue weighted by atomic mass is 32.1. The Bertz CT molecular complexity index is 218. The molecule has 2 nitrogen and oxygen atoms in total. The number of hydrogen-bond donors (Lipinski definition) is 1. The molecule has 0 aromatic carbocycles. The predicted molar refractivity (Wildman–Crippen MR) is 49.8 cm³/mol. The normalized spacial score (nSPS) is 10.9. The molecular formula is C8H14N2S. The topological polar surface area (TPSA) is 17.8 Å². The Morgan fingerprint density at radius 2 is 2.36 bits per heavy atom. The molecule has 0 aliphatic carbocycles. The molecular weight excluding hydrogens is 156 g/mol. The van der Waals surface area contributed by atoms with Crippen molar-refractivity contribution in [2.45, 2.75) is 26.1 Å². The standard InChI is InChI=1S/C8H14N2S/c1-7(2)4-10-5-8(6-11)3-9-10/h3,5,7,11H,4,6H2,1-2H3. The minimum absolute atomic E-state index is 0.655. The smallest absolute Gasteiger partial charge is 0.0530 e. The zero-order valence-corrected chi connectivity index (χ0v) is 7.88. The SMILES string of the molecule is CC(C)Cn1cc(CS)cn1. The van der Waals surface area contributed by atoms with Crippen molar-refractivity contribution in [3.05, 3.63) is 18.0 Å². The van der Waals surface area contributed by atoms with Gasteiger partial charge in [0.25, 0.3) is 0 Å². The molecule has 0 aliphatic rings. The van der Waals surface area contributed by atoms with Gasteiger partial charge in [-0.1, -0.05) is 13.8 Å². The van der Waals surface area contributed by atoms with Crippen molar-refractivity contribution in [1.29, 1.82) is 0 Å². The second kappa shape index (κ2) is 3.81. The summed E-state index contributed by atoms with van der Waals surface area (Å²) in [5, 5.41) is 4.19. The van der Waals surface area contributed by atoms with Gasteiger partial charge in [0.05, 0.1) is 6.20 Å². The fraction of sp³-hybridized carbons (Fsp3) is 0.625. The summed E-state index contributed by atoms with van der Waals surface area (Å²) < 4.78 is 1.97. The van der Waals surface area contributed by atoms with Gasteiger partial charge < -0.3 is 0 Å². The van der Waals surface area contributed by atoms with Crippen LogP contribution in [0.3, 0.4) is 0 Å². The van der Waals surface area contributed by atoms with Crippen LogP contribution in [0.25, 0.3) is 0 Å². The molecule has 1 aromatic rings. The highest BCUT2D eigenvalue weighted by Crippen LogP contribution is 2.03. The van der Waals surface area contributed by atoms with Crippen LogP contribution in [-0.2, 0) is 12.3 Å². The van der Waals surface area contributed by atoms with Crippen molar-refractivity contribution in [3.8, 4) is 0 Å². The fourth-order valence-corrected chi connectivity index (χ4v) is 1.13. The van der Waals surface area contributed by atoms with Gasteiger partial charge in [-0.05, 0) is 11.5 Å². The number of thiol groups is 1. The highest BCUT2D eigenvalue weighted by Gasteiger charge is 1.98. The molecule has 0 amide bonds. The van der Waals surface area contributed by atoms with Gasteiger partial charge in [-0.15, -0.1) is 0 Å². The van der Waals surface area contributed by atoms with E-state index in [1.807, 2.05) is 17.1 Å². The van der Waals surface area contributed by atoms with Crippen molar-refractivity contribution in [1.82, 2.24) is 9.78 Å². The quantitative estimate of drug-likeness (QED) is 0.687. The second-order valence-corrected chi connectivity index (χ2v) is 3.44. The summed E-state index contributed by atoms with van der Waals surface area (Å²) in [6.07, 6.45) is 3.92. The van der Waals surface area contributed by atoms with Crippen molar-refractivity contribution in [3.63, 3.8) is 0 Å². The maximum absolute atomic E-state index is 4.19. The minimum atomic E-state index is 0.655. The Hall–Kier alpha value is -0.440. The molecule has 0 N–H and O–H groups in total. The average molecular weight is 170 g/mol. The van der Waals surface area contributed by atoms with Gasteiger partial charge in [0.2, 0.25) is 0 Å². The lowest BCUT2D eigenvalue weighted by molar-refractivity contribution is 0.483. The lowest BCUT2D eigenvalue weighted by Gasteiger charge is -2.02. The first-order valence-electron chi connectivity index (χ1n) is 3.84. The molecule has 11 heavy (non-hydrogen) atoms. The average Bonchev–Trinajstić information content (AvgIpc) is 2.34. The molecule has 0 atom stereocenters. The number of rotatable bonds is 3. The van der Waals surface area contributed by atoms with Crippen LogP contribution in [0.4, 0.5) is 0 Å². The summed E-state index contributed by atoms with van der Waals surface area (Å²) in [5.74, 6) is 1.43. The predicted octanol–water partition coefficient (Wildman–Crippen LogP) is 1.97. The summed E-state index contributed by atoms with van der Waals surface area (Å²) >= 11 is 4.16. The molecule has 0 unspecified atom stereocenters. The van der Waals surface area contributed by atoms with Crippen LogP contribution >= 0.6 is 12.6 Å². The van der Waals surface area contributed by atoms with Gasteiger partial charge in [-0.3, -0.25) is 4.68 Å². The van der Waals surface area contributed by atoms with Crippen LogP contribution in [0.2, 0.25) is 0 Å². The van der Waals surface area contributed by atoms with E-state index in [2.05, 4.69) is 31.6 Å². The van der Waals surface area contributed by atoms with E-state index in [9.17, 15) is 0 Å². The molecule has 3 heteroatoms. The molecule has 1 heterocycles. The van der Waals surface area contributed by atoms with Crippen molar-refractivity contribution in [2.24, 2.45) is 5.92 Å². The first kappa shape index (κ1) is 8.65. The summed E-state index contributed by atoms with van der Waals surface area (Å²) in [6.45, 7) is 5.36. The van der Waals surface area contributed by atoms with E-state index < -0.39 is 0 Å².